The predicted octanol–water partition coefficient (Wildman–Crippen LogP) is 3.19. The van der Waals surface area contributed by atoms with Crippen molar-refractivity contribution in [2.45, 2.75) is 45.7 Å². The quantitative estimate of drug-likeness (QED) is 0.472. The van der Waals surface area contributed by atoms with E-state index in [2.05, 4.69) is 18.7 Å². The molecular weight excluding hydrogens is 254 g/mol. The molecule has 0 atom stereocenters. The average molecular weight is 277 g/mol. The van der Waals surface area contributed by atoms with Gasteiger partial charge in [0.2, 0.25) is 0 Å². The van der Waals surface area contributed by atoms with Gasteiger partial charge in [-0.2, -0.15) is 0 Å². The van der Waals surface area contributed by atoms with Crippen molar-refractivity contribution in [1.82, 2.24) is 4.90 Å². The Bertz CT molecular complexity index is 484. The van der Waals surface area contributed by atoms with E-state index in [1.165, 1.54) is 18.9 Å². The Morgan fingerprint density at radius 2 is 2.15 bits per heavy atom. The fraction of sp³-hybridized carbons (Fsp3) is 0.600. The summed E-state index contributed by atoms with van der Waals surface area (Å²) in [6.07, 6.45) is 3.60. The monoisotopic (exact) mass is 277 g/mol. The highest BCUT2D eigenvalue weighted by atomic mass is 16.6. The number of nitrogen functional groups attached to an aromatic ring is 1. The zero-order valence-corrected chi connectivity index (χ0v) is 12.2. The van der Waals surface area contributed by atoms with Crippen LogP contribution in [0.3, 0.4) is 0 Å². The third-order valence-electron chi connectivity index (χ3n) is 3.80. The number of hydrogen-bond acceptors (Lipinski definition) is 4. The van der Waals surface area contributed by atoms with Crippen LogP contribution in [0.1, 0.15) is 38.7 Å². The molecule has 2 rings (SSSR count). The number of para-hydroxylation sites is 1. The third-order valence-corrected chi connectivity index (χ3v) is 3.80. The van der Waals surface area contributed by atoms with Crippen molar-refractivity contribution in [3.8, 4) is 0 Å². The third kappa shape index (κ3) is 3.70. The summed E-state index contributed by atoms with van der Waals surface area (Å²) in [5.41, 5.74) is 7.14. The fourth-order valence-corrected chi connectivity index (χ4v) is 2.37. The van der Waals surface area contributed by atoms with Gasteiger partial charge in [-0.25, -0.2) is 0 Å². The van der Waals surface area contributed by atoms with Gasteiger partial charge >= 0.3 is 0 Å². The Kier molecular flexibility index (Phi) is 4.60. The zero-order valence-electron chi connectivity index (χ0n) is 12.2. The molecule has 20 heavy (non-hydrogen) atoms. The summed E-state index contributed by atoms with van der Waals surface area (Å²) in [5, 5.41) is 10.9. The van der Waals surface area contributed by atoms with Gasteiger partial charge in [0.1, 0.15) is 5.69 Å². The van der Waals surface area contributed by atoms with Crippen LogP contribution in [0.25, 0.3) is 0 Å². The molecule has 1 saturated carbocycles. The van der Waals surface area contributed by atoms with Crippen LogP contribution in [0.4, 0.5) is 11.4 Å². The molecule has 0 saturated heterocycles. The van der Waals surface area contributed by atoms with Crippen molar-refractivity contribution in [2.75, 3.05) is 12.3 Å². The van der Waals surface area contributed by atoms with Crippen LogP contribution in [0, 0.1) is 16.0 Å². The summed E-state index contributed by atoms with van der Waals surface area (Å²) in [7, 11) is 0. The fourth-order valence-electron chi connectivity index (χ4n) is 2.37. The second-order valence-corrected chi connectivity index (χ2v) is 5.99. The molecule has 5 heteroatoms. The molecule has 0 aliphatic heterocycles. The molecular formula is C15H23N3O2. The lowest BCUT2D eigenvalue weighted by Crippen LogP contribution is -2.28. The van der Waals surface area contributed by atoms with E-state index in [4.69, 9.17) is 5.73 Å². The lowest BCUT2D eigenvalue weighted by molar-refractivity contribution is -0.384. The maximum absolute atomic E-state index is 10.9. The topological polar surface area (TPSA) is 72.4 Å². The van der Waals surface area contributed by atoms with E-state index >= 15 is 0 Å². The summed E-state index contributed by atoms with van der Waals surface area (Å²) >= 11 is 0. The number of anilines is 1. The molecule has 0 aromatic heterocycles. The number of nitrogens with two attached hydrogens (primary N) is 1. The lowest BCUT2D eigenvalue weighted by atomic mass is 10.1. The van der Waals surface area contributed by atoms with Crippen molar-refractivity contribution < 1.29 is 4.92 Å². The molecule has 0 bridgehead atoms. The number of nitro groups is 1. The molecule has 0 amide bonds. The van der Waals surface area contributed by atoms with Crippen molar-refractivity contribution >= 4 is 11.4 Å². The number of rotatable bonds is 7. The number of nitro benzene ring substituents is 1. The first-order valence-electron chi connectivity index (χ1n) is 7.25. The van der Waals surface area contributed by atoms with Crippen molar-refractivity contribution in [1.29, 1.82) is 0 Å². The molecule has 0 heterocycles. The van der Waals surface area contributed by atoms with Crippen LogP contribution in [-0.2, 0) is 6.54 Å². The Morgan fingerprint density at radius 3 is 2.70 bits per heavy atom. The number of hydrogen-bond donors (Lipinski definition) is 1. The van der Waals surface area contributed by atoms with E-state index in [9.17, 15) is 10.1 Å². The Balaban J connectivity index is 2.10. The smallest absolute Gasteiger partial charge is 0.292 e. The first-order valence-corrected chi connectivity index (χ1v) is 7.25. The normalized spacial score (nSPS) is 15.0. The molecule has 1 fully saturated rings. The average Bonchev–Trinajstić information content (AvgIpc) is 3.20. The second kappa shape index (κ2) is 6.22. The molecule has 1 aliphatic rings. The summed E-state index contributed by atoms with van der Waals surface area (Å²) in [4.78, 5) is 12.9. The van der Waals surface area contributed by atoms with Gasteiger partial charge in [0.15, 0.2) is 0 Å². The molecule has 2 N–H and O–H groups in total. The minimum absolute atomic E-state index is 0.0158. The van der Waals surface area contributed by atoms with Gasteiger partial charge < -0.3 is 5.73 Å². The number of benzene rings is 1. The Hall–Kier alpha value is -1.62. The van der Waals surface area contributed by atoms with Gasteiger partial charge in [0, 0.05) is 18.7 Å². The molecule has 1 aromatic rings. The molecule has 5 nitrogen and oxygen atoms in total. The molecule has 1 aliphatic carbocycles. The van der Waals surface area contributed by atoms with Crippen LogP contribution in [-0.4, -0.2) is 22.4 Å². The minimum atomic E-state index is -0.408. The van der Waals surface area contributed by atoms with Gasteiger partial charge in [-0.05, 0) is 37.3 Å². The Labute approximate surface area is 119 Å². The molecule has 0 unspecified atom stereocenters. The largest absolute Gasteiger partial charge is 0.393 e. The Morgan fingerprint density at radius 1 is 1.45 bits per heavy atom. The second-order valence-electron chi connectivity index (χ2n) is 5.99. The highest BCUT2D eigenvalue weighted by Crippen LogP contribution is 2.32. The summed E-state index contributed by atoms with van der Waals surface area (Å²) in [6.45, 7) is 6.18. The van der Waals surface area contributed by atoms with Gasteiger partial charge in [-0.15, -0.1) is 0 Å². The van der Waals surface area contributed by atoms with Crippen molar-refractivity contribution in [3.05, 3.63) is 33.9 Å². The summed E-state index contributed by atoms with van der Waals surface area (Å²) in [6, 6.07) is 5.71. The van der Waals surface area contributed by atoms with Gasteiger partial charge in [-0.3, -0.25) is 15.0 Å². The van der Waals surface area contributed by atoms with Crippen LogP contribution in [0.5, 0.6) is 0 Å². The van der Waals surface area contributed by atoms with E-state index in [1.807, 2.05) is 6.07 Å². The van der Waals surface area contributed by atoms with E-state index < -0.39 is 4.92 Å². The number of nitrogens with zero attached hydrogens (tertiary/aromatic N) is 2. The predicted molar refractivity (Wildman–Crippen MR) is 80.4 cm³/mol. The van der Waals surface area contributed by atoms with E-state index in [0.717, 1.165) is 18.5 Å². The van der Waals surface area contributed by atoms with Gasteiger partial charge in [-0.1, -0.05) is 26.0 Å². The standard InChI is InChI=1S/C15H23N3O2/c1-11(2)8-9-17(13-6-7-13)10-12-4-3-5-14(15(12)16)18(19)20/h3-5,11,13H,6-10,16H2,1-2H3. The molecule has 1 aromatic carbocycles. The summed E-state index contributed by atoms with van der Waals surface area (Å²) < 4.78 is 0. The van der Waals surface area contributed by atoms with Crippen molar-refractivity contribution in [3.63, 3.8) is 0 Å². The van der Waals surface area contributed by atoms with E-state index in [-0.39, 0.29) is 5.69 Å². The highest BCUT2D eigenvalue weighted by molar-refractivity contribution is 5.62. The van der Waals surface area contributed by atoms with Crippen molar-refractivity contribution in [2.24, 2.45) is 5.92 Å². The first-order chi connectivity index (χ1) is 9.49. The molecule has 0 spiro atoms. The maximum Gasteiger partial charge on any atom is 0.292 e. The van der Waals surface area contributed by atoms with Crippen LogP contribution in [0.2, 0.25) is 0 Å². The molecule has 0 radical (unpaired) electrons. The lowest BCUT2D eigenvalue weighted by Gasteiger charge is -2.23. The van der Waals surface area contributed by atoms with Crippen LogP contribution >= 0.6 is 0 Å². The minimum Gasteiger partial charge on any atom is -0.393 e. The van der Waals surface area contributed by atoms with E-state index in [0.29, 0.717) is 24.2 Å². The van der Waals surface area contributed by atoms with Crippen LogP contribution < -0.4 is 5.73 Å². The van der Waals surface area contributed by atoms with E-state index in [1.54, 1.807) is 6.07 Å². The van der Waals surface area contributed by atoms with Gasteiger partial charge in [0.25, 0.3) is 5.69 Å². The SMILES string of the molecule is CC(C)CCN(Cc1cccc([N+](=O)[O-])c1N)C1CC1. The molecule has 110 valence electrons. The first kappa shape index (κ1) is 14.8. The zero-order chi connectivity index (χ0) is 14.7. The maximum atomic E-state index is 10.9. The summed E-state index contributed by atoms with van der Waals surface area (Å²) in [5.74, 6) is 0.665. The highest BCUT2D eigenvalue weighted by Gasteiger charge is 2.29. The van der Waals surface area contributed by atoms with Crippen LogP contribution in [0.15, 0.2) is 18.2 Å². The van der Waals surface area contributed by atoms with Gasteiger partial charge in [0.05, 0.1) is 4.92 Å².